The van der Waals surface area contributed by atoms with Gasteiger partial charge in [-0.25, -0.2) is 4.79 Å². The fourth-order valence-electron chi connectivity index (χ4n) is 2.25. The first kappa shape index (κ1) is 16.4. The van der Waals surface area contributed by atoms with E-state index in [1.807, 2.05) is 0 Å². The molecule has 0 spiro atoms. The van der Waals surface area contributed by atoms with Gasteiger partial charge in [0.25, 0.3) is 5.91 Å². The molecule has 0 unspecified atom stereocenters. The van der Waals surface area contributed by atoms with Crippen molar-refractivity contribution in [3.8, 4) is 0 Å². The van der Waals surface area contributed by atoms with Gasteiger partial charge in [-0.3, -0.25) is 9.69 Å². The minimum atomic E-state index is -0.897. The van der Waals surface area contributed by atoms with Gasteiger partial charge in [0, 0.05) is 0 Å². The van der Waals surface area contributed by atoms with Crippen LogP contribution in [0.25, 0.3) is 0 Å². The Morgan fingerprint density at radius 1 is 1.35 bits per heavy atom. The predicted octanol–water partition coefficient (Wildman–Crippen LogP) is -1.07. The highest BCUT2D eigenvalue weighted by molar-refractivity contribution is 6.06. The SMILES string of the molecule is C=CC[NH+](CC=C)C[C@@H](O)CN1C(=O)NC(C)(C)C1=O. The van der Waals surface area contributed by atoms with E-state index in [0.29, 0.717) is 19.6 Å². The lowest BCUT2D eigenvalue weighted by Crippen LogP contribution is -3.12. The molecule has 3 N–H and O–H groups in total. The third-order valence-corrected chi connectivity index (χ3v) is 3.23. The summed E-state index contributed by atoms with van der Waals surface area (Å²) >= 11 is 0. The molecule has 0 aromatic heterocycles. The summed E-state index contributed by atoms with van der Waals surface area (Å²) in [4.78, 5) is 25.9. The highest BCUT2D eigenvalue weighted by Crippen LogP contribution is 2.16. The lowest BCUT2D eigenvalue weighted by Gasteiger charge is -2.22. The minimum Gasteiger partial charge on any atom is -0.385 e. The molecule has 0 aromatic rings. The summed E-state index contributed by atoms with van der Waals surface area (Å²) in [7, 11) is 0. The number of aliphatic hydroxyl groups excluding tert-OH is 1. The molecule has 1 heterocycles. The van der Waals surface area contributed by atoms with Gasteiger partial charge in [0.2, 0.25) is 0 Å². The highest BCUT2D eigenvalue weighted by atomic mass is 16.3. The van der Waals surface area contributed by atoms with Crippen molar-refractivity contribution in [1.82, 2.24) is 10.2 Å². The average Bonchev–Trinajstić information content (AvgIpc) is 2.52. The van der Waals surface area contributed by atoms with Crippen LogP contribution in [0.2, 0.25) is 0 Å². The van der Waals surface area contributed by atoms with Crippen molar-refractivity contribution < 1.29 is 19.6 Å². The van der Waals surface area contributed by atoms with Crippen LogP contribution in [-0.4, -0.2) is 59.8 Å². The Bertz CT molecular complexity index is 396. The van der Waals surface area contributed by atoms with E-state index in [1.165, 1.54) is 0 Å². The number of imide groups is 1. The summed E-state index contributed by atoms with van der Waals surface area (Å²) in [5, 5.41) is 12.7. The number of carbonyl (C=O) groups is 2. The molecule has 1 saturated heterocycles. The molecule has 1 rings (SSSR count). The minimum absolute atomic E-state index is 0.00584. The molecule has 0 saturated carbocycles. The van der Waals surface area contributed by atoms with Gasteiger partial charge in [0.15, 0.2) is 0 Å². The largest absolute Gasteiger partial charge is 0.385 e. The van der Waals surface area contributed by atoms with Crippen molar-refractivity contribution in [1.29, 1.82) is 0 Å². The zero-order valence-corrected chi connectivity index (χ0v) is 12.2. The Hall–Kier alpha value is -1.66. The standard InChI is InChI=1S/C14H23N3O3/c1-5-7-16(8-6-2)9-11(18)10-17-12(19)14(3,4)15-13(17)20/h5-6,11,18H,1-2,7-10H2,3-4H3,(H,15,20)/p+1/t11-/m1/s1. The number of nitrogens with one attached hydrogen (secondary N) is 2. The summed E-state index contributed by atoms with van der Waals surface area (Å²) in [6.45, 7) is 12.4. The molecule has 3 amide bonds. The molecule has 1 fully saturated rings. The van der Waals surface area contributed by atoms with Gasteiger partial charge >= 0.3 is 6.03 Å². The fraction of sp³-hybridized carbons (Fsp3) is 0.571. The lowest BCUT2D eigenvalue weighted by molar-refractivity contribution is -0.891. The maximum Gasteiger partial charge on any atom is 0.325 e. The summed E-state index contributed by atoms with van der Waals surface area (Å²) in [6.07, 6.45) is 2.76. The second-order valence-electron chi connectivity index (χ2n) is 5.56. The van der Waals surface area contributed by atoms with Crippen LogP contribution in [-0.2, 0) is 4.79 Å². The van der Waals surface area contributed by atoms with E-state index in [4.69, 9.17) is 0 Å². The first-order valence-corrected chi connectivity index (χ1v) is 6.69. The van der Waals surface area contributed by atoms with Crippen LogP contribution in [0.5, 0.6) is 0 Å². The molecule has 112 valence electrons. The Balaban J connectivity index is 2.59. The molecule has 1 aliphatic rings. The Morgan fingerprint density at radius 3 is 2.30 bits per heavy atom. The molecule has 0 aliphatic carbocycles. The summed E-state index contributed by atoms with van der Waals surface area (Å²) in [6, 6.07) is -0.451. The zero-order valence-electron chi connectivity index (χ0n) is 12.2. The third-order valence-electron chi connectivity index (χ3n) is 3.23. The summed E-state index contributed by atoms with van der Waals surface area (Å²) < 4.78 is 0. The molecular weight excluding hydrogens is 258 g/mol. The highest BCUT2D eigenvalue weighted by Gasteiger charge is 2.44. The van der Waals surface area contributed by atoms with Crippen LogP contribution in [0.1, 0.15) is 13.8 Å². The maximum atomic E-state index is 12.0. The molecule has 1 atom stereocenters. The quantitative estimate of drug-likeness (QED) is 0.392. The van der Waals surface area contributed by atoms with Crippen molar-refractivity contribution in [3.63, 3.8) is 0 Å². The average molecular weight is 282 g/mol. The number of carbonyl (C=O) groups excluding carboxylic acids is 2. The van der Waals surface area contributed by atoms with Gasteiger partial charge in [-0.2, -0.15) is 0 Å². The molecule has 1 aliphatic heterocycles. The van der Waals surface area contributed by atoms with Gasteiger partial charge in [0.1, 0.15) is 18.2 Å². The van der Waals surface area contributed by atoms with E-state index in [9.17, 15) is 14.7 Å². The number of amides is 3. The number of quaternary nitrogens is 1. The smallest absolute Gasteiger partial charge is 0.325 e. The molecule has 20 heavy (non-hydrogen) atoms. The molecule has 6 nitrogen and oxygen atoms in total. The number of rotatable bonds is 8. The Labute approximate surface area is 119 Å². The van der Waals surface area contributed by atoms with Crippen molar-refractivity contribution in [2.24, 2.45) is 0 Å². The monoisotopic (exact) mass is 282 g/mol. The van der Waals surface area contributed by atoms with E-state index in [1.54, 1.807) is 26.0 Å². The zero-order chi connectivity index (χ0) is 15.3. The van der Waals surface area contributed by atoms with Gasteiger partial charge in [-0.05, 0) is 26.0 Å². The Morgan fingerprint density at radius 2 is 1.90 bits per heavy atom. The molecule has 0 bridgehead atoms. The topological polar surface area (TPSA) is 74.1 Å². The van der Waals surface area contributed by atoms with Crippen LogP contribution in [0.4, 0.5) is 4.79 Å². The van der Waals surface area contributed by atoms with E-state index in [0.717, 1.165) is 9.80 Å². The second-order valence-corrected chi connectivity index (χ2v) is 5.56. The van der Waals surface area contributed by atoms with E-state index in [-0.39, 0.29) is 12.5 Å². The van der Waals surface area contributed by atoms with E-state index < -0.39 is 17.7 Å². The normalized spacial score (nSPS) is 19.1. The summed E-state index contributed by atoms with van der Waals surface area (Å²) in [5.74, 6) is -0.310. The number of nitrogens with zero attached hydrogens (tertiary/aromatic N) is 1. The predicted molar refractivity (Wildman–Crippen MR) is 76.3 cm³/mol. The number of hydrogen-bond donors (Lipinski definition) is 3. The number of hydrogen-bond acceptors (Lipinski definition) is 3. The van der Waals surface area contributed by atoms with E-state index >= 15 is 0 Å². The van der Waals surface area contributed by atoms with Gasteiger partial charge in [0.05, 0.1) is 19.6 Å². The van der Waals surface area contributed by atoms with Crippen molar-refractivity contribution >= 4 is 11.9 Å². The molecular formula is C14H24N3O3+. The van der Waals surface area contributed by atoms with Crippen LogP contribution < -0.4 is 10.2 Å². The number of aliphatic hydroxyl groups is 1. The number of urea groups is 1. The second kappa shape index (κ2) is 6.67. The number of β-amino-alcohol motifs (C(OH)–C–C–N with tert-alkyl or cyclic N) is 1. The van der Waals surface area contributed by atoms with Crippen molar-refractivity contribution in [3.05, 3.63) is 25.3 Å². The Kier molecular flexibility index (Phi) is 5.47. The fourth-order valence-corrected chi connectivity index (χ4v) is 2.25. The van der Waals surface area contributed by atoms with Gasteiger partial charge in [-0.1, -0.05) is 13.2 Å². The van der Waals surface area contributed by atoms with Crippen LogP contribution in [0, 0.1) is 0 Å². The lowest BCUT2D eigenvalue weighted by atomic mass is 10.1. The van der Waals surface area contributed by atoms with Gasteiger partial charge in [-0.15, -0.1) is 0 Å². The van der Waals surface area contributed by atoms with Crippen LogP contribution in [0.3, 0.4) is 0 Å². The maximum absolute atomic E-state index is 12.0. The third kappa shape index (κ3) is 3.91. The first-order valence-electron chi connectivity index (χ1n) is 6.69. The first-order chi connectivity index (χ1) is 9.31. The van der Waals surface area contributed by atoms with Gasteiger partial charge < -0.3 is 15.3 Å². The van der Waals surface area contributed by atoms with Crippen molar-refractivity contribution in [2.75, 3.05) is 26.2 Å². The van der Waals surface area contributed by atoms with Crippen LogP contribution >= 0.6 is 0 Å². The molecule has 0 radical (unpaired) electrons. The van der Waals surface area contributed by atoms with E-state index in [2.05, 4.69) is 18.5 Å². The molecule has 6 heteroatoms. The summed E-state index contributed by atoms with van der Waals surface area (Å²) in [5.41, 5.74) is -0.897. The van der Waals surface area contributed by atoms with Crippen molar-refractivity contribution in [2.45, 2.75) is 25.5 Å². The molecule has 0 aromatic carbocycles. The van der Waals surface area contributed by atoms with Crippen LogP contribution in [0.15, 0.2) is 25.3 Å².